The Morgan fingerprint density at radius 3 is 2.70 bits per heavy atom. The Morgan fingerprint density at radius 1 is 1.15 bits per heavy atom. The highest BCUT2D eigenvalue weighted by atomic mass is 32.1. The van der Waals surface area contributed by atoms with Gasteiger partial charge in [0.25, 0.3) is 5.91 Å². The first-order valence-electron chi connectivity index (χ1n) is 8.25. The van der Waals surface area contributed by atoms with E-state index in [9.17, 15) is 9.18 Å². The molecule has 0 saturated heterocycles. The quantitative estimate of drug-likeness (QED) is 0.560. The number of rotatable bonds is 4. The zero-order valence-corrected chi connectivity index (χ0v) is 15.2. The Labute approximate surface area is 159 Å². The summed E-state index contributed by atoms with van der Waals surface area (Å²) in [5, 5.41) is 7.78. The molecule has 27 heavy (non-hydrogen) atoms. The van der Waals surface area contributed by atoms with Crippen LogP contribution < -0.4 is 5.32 Å². The van der Waals surface area contributed by atoms with Gasteiger partial charge in [0.05, 0.1) is 11.4 Å². The first-order valence-corrected chi connectivity index (χ1v) is 9.06. The van der Waals surface area contributed by atoms with Crippen LogP contribution in [0.2, 0.25) is 0 Å². The van der Waals surface area contributed by atoms with E-state index in [4.69, 9.17) is 0 Å². The highest BCUT2D eigenvalue weighted by Gasteiger charge is 2.16. The van der Waals surface area contributed by atoms with Crippen molar-refractivity contribution in [2.45, 2.75) is 6.92 Å². The number of carbonyl (C=O) groups excluding carboxylic acids is 1. The number of benzene rings is 2. The summed E-state index contributed by atoms with van der Waals surface area (Å²) in [6.07, 6.45) is 3.53. The van der Waals surface area contributed by atoms with E-state index in [1.807, 2.05) is 36.5 Å². The van der Waals surface area contributed by atoms with Gasteiger partial charge < -0.3 is 5.32 Å². The van der Waals surface area contributed by atoms with E-state index in [2.05, 4.69) is 15.4 Å². The number of thiazole rings is 1. The van der Waals surface area contributed by atoms with Crippen LogP contribution in [0.3, 0.4) is 0 Å². The van der Waals surface area contributed by atoms with Crippen molar-refractivity contribution >= 4 is 22.9 Å². The van der Waals surface area contributed by atoms with Crippen molar-refractivity contribution in [2.24, 2.45) is 0 Å². The number of anilines is 1. The van der Waals surface area contributed by atoms with Gasteiger partial charge in [-0.2, -0.15) is 5.10 Å². The second-order valence-electron chi connectivity index (χ2n) is 5.90. The van der Waals surface area contributed by atoms with Crippen molar-refractivity contribution in [1.29, 1.82) is 0 Å². The van der Waals surface area contributed by atoms with Crippen LogP contribution in [0.4, 0.5) is 10.1 Å². The van der Waals surface area contributed by atoms with Gasteiger partial charge in [-0.25, -0.2) is 14.1 Å². The molecule has 0 fully saturated rings. The first-order chi connectivity index (χ1) is 13.1. The molecule has 2 aromatic heterocycles. The minimum atomic E-state index is -0.304. The molecule has 0 bridgehead atoms. The van der Waals surface area contributed by atoms with Crippen molar-refractivity contribution in [2.75, 3.05) is 5.32 Å². The smallest absolute Gasteiger partial charge is 0.267 e. The number of nitrogens with one attached hydrogen (secondary N) is 1. The molecule has 0 saturated carbocycles. The minimum absolute atomic E-state index is 0.226. The average molecular weight is 378 g/mol. The monoisotopic (exact) mass is 378 g/mol. The maximum Gasteiger partial charge on any atom is 0.267 e. The number of hydrogen-bond acceptors (Lipinski definition) is 4. The predicted molar refractivity (Wildman–Crippen MR) is 104 cm³/mol. The Morgan fingerprint density at radius 2 is 1.96 bits per heavy atom. The summed E-state index contributed by atoms with van der Waals surface area (Å²) < 4.78 is 14.8. The number of nitrogens with zero attached hydrogens (tertiary/aromatic N) is 3. The van der Waals surface area contributed by atoms with Gasteiger partial charge >= 0.3 is 0 Å². The molecule has 0 atom stereocenters. The molecule has 4 aromatic rings. The normalized spacial score (nSPS) is 10.7. The van der Waals surface area contributed by atoms with Gasteiger partial charge in [-0.3, -0.25) is 4.79 Å². The predicted octanol–water partition coefficient (Wildman–Crippen LogP) is 4.70. The molecule has 2 aromatic carbocycles. The summed E-state index contributed by atoms with van der Waals surface area (Å²) >= 11 is 1.28. The number of carbonyl (C=O) groups is 1. The molecule has 0 radical (unpaired) electrons. The molecule has 0 aliphatic carbocycles. The van der Waals surface area contributed by atoms with Crippen LogP contribution in [0.5, 0.6) is 0 Å². The van der Waals surface area contributed by atoms with E-state index >= 15 is 0 Å². The van der Waals surface area contributed by atoms with E-state index in [0.717, 1.165) is 11.3 Å². The molecule has 5 nitrogen and oxygen atoms in total. The van der Waals surface area contributed by atoms with Crippen LogP contribution in [0.1, 0.15) is 15.4 Å². The molecule has 1 amide bonds. The third-order valence-corrected chi connectivity index (χ3v) is 5.17. The standard InChI is InChI=1S/C20H15FN4OS/c1-13-18(27-20(23-13)14-6-8-15(21)9-7-14)19(26)24-16-4-2-5-17(12-16)25-11-3-10-22-25/h2-12H,1H3,(H,24,26). The number of aromatic nitrogens is 3. The summed E-state index contributed by atoms with van der Waals surface area (Å²) in [6.45, 7) is 1.79. The van der Waals surface area contributed by atoms with E-state index in [1.165, 1.54) is 23.5 Å². The van der Waals surface area contributed by atoms with Crippen molar-refractivity contribution < 1.29 is 9.18 Å². The molecule has 0 spiro atoms. The molecule has 1 N–H and O–H groups in total. The Bertz CT molecular complexity index is 1090. The van der Waals surface area contributed by atoms with Gasteiger partial charge in [-0.05, 0) is 55.5 Å². The lowest BCUT2D eigenvalue weighted by Gasteiger charge is -2.07. The first kappa shape index (κ1) is 17.1. The highest BCUT2D eigenvalue weighted by Crippen LogP contribution is 2.28. The van der Waals surface area contributed by atoms with E-state index in [0.29, 0.717) is 21.3 Å². The van der Waals surface area contributed by atoms with Crippen LogP contribution in [0.25, 0.3) is 16.3 Å². The van der Waals surface area contributed by atoms with E-state index < -0.39 is 0 Å². The molecule has 0 unspecified atom stereocenters. The number of halogens is 1. The summed E-state index contributed by atoms with van der Waals surface area (Å²) in [4.78, 5) is 17.7. The molecule has 0 aliphatic rings. The van der Waals surface area contributed by atoms with Gasteiger partial charge in [0, 0.05) is 23.6 Å². The van der Waals surface area contributed by atoms with Crippen molar-refractivity contribution in [1.82, 2.24) is 14.8 Å². The molecule has 7 heteroatoms. The zero-order chi connectivity index (χ0) is 18.8. The Balaban J connectivity index is 1.57. The second-order valence-corrected chi connectivity index (χ2v) is 6.89. The van der Waals surface area contributed by atoms with Gasteiger partial charge in [-0.15, -0.1) is 11.3 Å². The van der Waals surface area contributed by atoms with Gasteiger partial charge in [0.15, 0.2) is 0 Å². The topological polar surface area (TPSA) is 59.8 Å². The van der Waals surface area contributed by atoms with Crippen LogP contribution in [-0.4, -0.2) is 20.7 Å². The van der Waals surface area contributed by atoms with Crippen LogP contribution in [0.15, 0.2) is 67.0 Å². The van der Waals surface area contributed by atoms with E-state index in [1.54, 1.807) is 29.9 Å². The van der Waals surface area contributed by atoms with Gasteiger partial charge in [0.2, 0.25) is 0 Å². The van der Waals surface area contributed by atoms with E-state index in [-0.39, 0.29) is 11.7 Å². The lowest BCUT2D eigenvalue weighted by Crippen LogP contribution is -2.11. The van der Waals surface area contributed by atoms with Crippen LogP contribution in [-0.2, 0) is 0 Å². The second kappa shape index (κ2) is 7.13. The number of amides is 1. The van der Waals surface area contributed by atoms with Crippen LogP contribution in [0, 0.1) is 12.7 Å². The third-order valence-electron chi connectivity index (χ3n) is 3.97. The summed E-state index contributed by atoms with van der Waals surface area (Å²) in [5.74, 6) is -0.530. The number of hydrogen-bond donors (Lipinski definition) is 1. The summed E-state index contributed by atoms with van der Waals surface area (Å²) in [6, 6.07) is 15.3. The Hall–Kier alpha value is -3.32. The van der Waals surface area contributed by atoms with Crippen molar-refractivity contribution in [3.05, 3.63) is 83.4 Å². The molecular formula is C20H15FN4OS. The van der Waals surface area contributed by atoms with Gasteiger partial charge in [-0.1, -0.05) is 6.07 Å². The fraction of sp³-hybridized carbons (Fsp3) is 0.0500. The van der Waals surface area contributed by atoms with Crippen molar-refractivity contribution in [3.8, 4) is 16.3 Å². The van der Waals surface area contributed by atoms with Crippen molar-refractivity contribution in [3.63, 3.8) is 0 Å². The average Bonchev–Trinajstić information content (AvgIpc) is 3.32. The lowest BCUT2D eigenvalue weighted by atomic mass is 10.2. The number of aryl methyl sites for hydroxylation is 1. The largest absolute Gasteiger partial charge is 0.321 e. The lowest BCUT2D eigenvalue weighted by molar-refractivity contribution is 0.103. The molecular weight excluding hydrogens is 363 g/mol. The SMILES string of the molecule is Cc1nc(-c2ccc(F)cc2)sc1C(=O)Nc1cccc(-n2cccn2)c1. The zero-order valence-electron chi connectivity index (χ0n) is 14.4. The minimum Gasteiger partial charge on any atom is -0.321 e. The Kier molecular flexibility index (Phi) is 4.52. The molecule has 4 rings (SSSR count). The fourth-order valence-corrected chi connectivity index (χ4v) is 3.63. The fourth-order valence-electron chi connectivity index (χ4n) is 2.66. The third kappa shape index (κ3) is 3.63. The summed E-state index contributed by atoms with van der Waals surface area (Å²) in [5.41, 5.74) is 2.94. The highest BCUT2D eigenvalue weighted by molar-refractivity contribution is 7.17. The maximum atomic E-state index is 13.1. The van der Waals surface area contributed by atoms with Crippen LogP contribution >= 0.6 is 11.3 Å². The molecule has 2 heterocycles. The molecule has 134 valence electrons. The molecule has 0 aliphatic heterocycles. The maximum absolute atomic E-state index is 13.1. The summed E-state index contributed by atoms with van der Waals surface area (Å²) in [7, 11) is 0. The van der Waals surface area contributed by atoms with Gasteiger partial charge in [0.1, 0.15) is 15.7 Å².